The molecule has 1 aromatic carbocycles. The van der Waals surface area contributed by atoms with E-state index in [1.807, 2.05) is 0 Å². The number of nitrogens with one attached hydrogen (secondary N) is 1. The average molecular weight is 275 g/mol. The predicted octanol–water partition coefficient (Wildman–Crippen LogP) is 4.28. The lowest BCUT2D eigenvalue weighted by molar-refractivity contribution is 0.0889. The molecule has 0 bridgehead atoms. The zero-order valence-corrected chi connectivity index (χ0v) is 13.6. The normalized spacial score (nSPS) is 23.5. The topological polar surface area (TPSA) is 21.3 Å². The van der Waals surface area contributed by atoms with Gasteiger partial charge in [-0.25, -0.2) is 0 Å². The van der Waals surface area contributed by atoms with E-state index in [4.69, 9.17) is 4.74 Å². The molecule has 2 rings (SSSR count). The first-order chi connectivity index (χ1) is 9.37. The zero-order chi connectivity index (χ0) is 14.8. The Morgan fingerprint density at radius 2 is 1.85 bits per heavy atom. The molecule has 2 heteroatoms. The van der Waals surface area contributed by atoms with Crippen LogP contribution in [0.3, 0.4) is 0 Å². The summed E-state index contributed by atoms with van der Waals surface area (Å²) in [7, 11) is 0. The lowest BCUT2D eigenvalue weighted by atomic mass is 9.92. The summed E-state index contributed by atoms with van der Waals surface area (Å²) in [6, 6.07) is 8.98. The van der Waals surface area contributed by atoms with Crippen molar-refractivity contribution in [2.45, 2.75) is 58.6 Å². The molecule has 1 aliphatic heterocycles. The predicted molar refractivity (Wildman–Crippen MR) is 85.1 cm³/mol. The fraction of sp³-hybridized carbons (Fsp3) is 0.667. The Morgan fingerprint density at radius 3 is 2.40 bits per heavy atom. The van der Waals surface area contributed by atoms with Crippen LogP contribution in [0.15, 0.2) is 24.3 Å². The second-order valence-corrected chi connectivity index (χ2v) is 7.29. The van der Waals surface area contributed by atoms with Crippen molar-refractivity contribution < 1.29 is 4.74 Å². The van der Waals surface area contributed by atoms with Crippen LogP contribution >= 0.6 is 0 Å². The molecule has 2 unspecified atom stereocenters. The smallest absolute Gasteiger partial charge is 0.0866 e. The van der Waals surface area contributed by atoms with E-state index in [2.05, 4.69) is 64.2 Å². The van der Waals surface area contributed by atoms with Crippen LogP contribution in [0.4, 0.5) is 0 Å². The highest BCUT2D eigenvalue weighted by Crippen LogP contribution is 2.34. The van der Waals surface area contributed by atoms with Crippen molar-refractivity contribution in [2.24, 2.45) is 5.92 Å². The molecule has 0 amide bonds. The van der Waals surface area contributed by atoms with E-state index in [-0.39, 0.29) is 11.6 Å². The third-order valence-electron chi connectivity index (χ3n) is 4.04. The maximum atomic E-state index is 5.98. The van der Waals surface area contributed by atoms with Gasteiger partial charge in [-0.05, 0) is 44.2 Å². The van der Waals surface area contributed by atoms with Crippen LogP contribution < -0.4 is 5.32 Å². The van der Waals surface area contributed by atoms with Gasteiger partial charge < -0.3 is 10.1 Å². The molecule has 1 aliphatic rings. The SMILES string of the molecule is CC(C)c1ccc(C2OCCC2CNC(C)(C)C)cc1. The molecular formula is C18H29NO. The van der Waals surface area contributed by atoms with E-state index in [1.54, 1.807) is 0 Å². The quantitative estimate of drug-likeness (QED) is 0.885. The van der Waals surface area contributed by atoms with Crippen molar-refractivity contribution in [1.29, 1.82) is 0 Å². The Balaban J connectivity index is 2.03. The molecule has 112 valence electrons. The number of ether oxygens (including phenoxy) is 1. The van der Waals surface area contributed by atoms with Gasteiger partial charge in [-0.3, -0.25) is 0 Å². The minimum absolute atomic E-state index is 0.175. The highest BCUT2D eigenvalue weighted by molar-refractivity contribution is 5.27. The summed E-state index contributed by atoms with van der Waals surface area (Å²) in [5.41, 5.74) is 2.90. The Labute approximate surface area is 123 Å². The lowest BCUT2D eigenvalue weighted by Crippen LogP contribution is -2.39. The summed E-state index contributed by atoms with van der Waals surface area (Å²) >= 11 is 0. The van der Waals surface area contributed by atoms with Crippen LogP contribution in [0, 0.1) is 5.92 Å². The van der Waals surface area contributed by atoms with E-state index in [9.17, 15) is 0 Å². The van der Waals surface area contributed by atoms with Crippen LogP contribution in [0.25, 0.3) is 0 Å². The Bertz CT molecular complexity index is 416. The second kappa shape index (κ2) is 6.28. The first-order valence-electron chi connectivity index (χ1n) is 7.83. The molecule has 0 radical (unpaired) electrons. The Hall–Kier alpha value is -0.860. The summed E-state index contributed by atoms with van der Waals surface area (Å²) in [6.45, 7) is 13.0. The maximum absolute atomic E-state index is 5.98. The van der Waals surface area contributed by atoms with Gasteiger partial charge in [-0.15, -0.1) is 0 Å². The van der Waals surface area contributed by atoms with Crippen LogP contribution in [0.2, 0.25) is 0 Å². The van der Waals surface area contributed by atoms with Gasteiger partial charge >= 0.3 is 0 Å². The minimum atomic E-state index is 0.175. The number of rotatable bonds is 4. The first kappa shape index (κ1) is 15.5. The maximum Gasteiger partial charge on any atom is 0.0866 e. The monoisotopic (exact) mass is 275 g/mol. The van der Waals surface area contributed by atoms with Crippen LogP contribution in [-0.4, -0.2) is 18.7 Å². The van der Waals surface area contributed by atoms with Gasteiger partial charge in [0.1, 0.15) is 0 Å². The van der Waals surface area contributed by atoms with Gasteiger partial charge in [0.05, 0.1) is 6.10 Å². The van der Waals surface area contributed by atoms with Crippen molar-refractivity contribution in [3.8, 4) is 0 Å². The summed E-state index contributed by atoms with van der Waals surface area (Å²) in [4.78, 5) is 0. The van der Waals surface area contributed by atoms with Crippen LogP contribution in [0.1, 0.15) is 64.2 Å². The molecule has 1 heterocycles. The van der Waals surface area contributed by atoms with Gasteiger partial charge in [-0.2, -0.15) is 0 Å². The van der Waals surface area contributed by atoms with Gasteiger partial charge in [0.2, 0.25) is 0 Å². The standard InChI is InChI=1S/C18H29NO/c1-13(2)14-6-8-15(9-7-14)17-16(10-11-20-17)12-19-18(3,4)5/h6-9,13,16-17,19H,10-12H2,1-5H3. The third-order valence-corrected chi connectivity index (χ3v) is 4.04. The lowest BCUT2D eigenvalue weighted by Gasteiger charge is -2.26. The van der Waals surface area contributed by atoms with Crippen molar-refractivity contribution in [3.05, 3.63) is 35.4 Å². The summed E-state index contributed by atoms with van der Waals surface area (Å²) < 4.78 is 5.98. The number of benzene rings is 1. The van der Waals surface area contributed by atoms with E-state index < -0.39 is 0 Å². The van der Waals surface area contributed by atoms with Gasteiger partial charge in [0.25, 0.3) is 0 Å². The van der Waals surface area contributed by atoms with E-state index in [1.165, 1.54) is 11.1 Å². The summed E-state index contributed by atoms with van der Waals surface area (Å²) in [5.74, 6) is 1.17. The third kappa shape index (κ3) is 4.07. The average Bonchev–Trinajstić information content (AvgIpc) is 2.84. The Morgan fingerprint density at radius 1 is 1.20 bits per heavy atom. The minimum Gasteiger partial charge on any atom is -0.373 e. The Kier molecular flexibility index (Phi) is 4.87. The second-order valence-electron chi connectivity index (χ2n) is 7.29. The number of hydrogen-bond acceptors (Lipinski definition) is 2. The molecule has 0 aromatic heterocycles. The molecule has 1 fully saturated rings. The molecule has 1 N–H and O–H groups in total. The van der Waals surface area contributed by atoms with Gasteiger partial charge in [0, 0.05) is 24.6 Å². The van der Waals surface area contributed by atoms with Crippen molar-refractivity contribution in [3.63, 3.8) is 0 Å². The largest absolute Gasteiger partial charge is 0.373 e. The fourth-order valence-electron chi connectivity index (χ4n) is 2.72. The molecule has 20 heavy (non-hydrogen) atoms. The molecule has 2 atom stereocenters. The first-order valence-corrected chi connectivity index (χ1v) is 7.83. The van der Waals surface area contributed by atoms with Crippen LogP contribution in [0.5, 0.6) is 0 Å². The highest BCUT2D eigenvalue weighted by Gasteiger charge is 2.30. The van der Waals surface area contributed by atoms with Gasteiger partial charge in [0.15, 0.2) is 0 Å². The molecule has 0 aliphatic carbocycles. The fourth-order valence-corrected chi connectivity index (χ4v) is 2.72. The van der Waals surface area contributed by atoms with Crippen molar-refractivity contribution in [2.75, 3.05) is 13.2 Å². The molecule has 2 nitrogen and oxygen atoms in total. The summed E-state index contributed by atoms with van der Waals surface area (Å²) in [6.07, 6.45) is 1.41. The van der Waals surface area contributed by atoms with E-state index in [0.29, 0.717) is 11.8 Å². The molecule has 0 saturated carbocycles. The van der Waals surface area contributed by atoms with Crippen molar-refractivity contribution >= 4 is 0 Å². The highest BCUT2D eigenvalue weighted by atomic mass is 16.5. The van der Waals surface area contributed by atoms with E-state index in [0.717, 1.165) is 19.6 Å². The number of hydrogen-bond donors (Lipinski definition) is 1. The molecular weight excluding hydrogens is 246 g/mol. The van der Waals surface area contributed by atoms with E-state index >= 15 is 0 Å². The van der Waals surface area contributed by atoms with Gasteiger partial charge in [-0.1, -0.05) is 38.1 Å². The molecule has 1 saturated heterocycles. The molecule has 1 aromatic rings. The zero-order valence-electron chi connectivity index (χ0n) is 13.6. The molecule has 0 spiro atoms. The summed E-state index contributed by atoms with van der Waals surface area (Å²) in [5, 5.41) is 3.61. The van der Waals surface area contributed by atoms with Crippen LogP contribution in [-0.2, 0) is 4.74 Å². The van der Waals surface area contributed by atoms with Crippen molar-refractivity contribution in [1.82, 2.24) is 5.32 Å².